The Morgan fingerprint density at radius 1 is 1.12 bits per heavy atom. The van der Waals surface area contributed by atoms with Crippen LogP contribution in [0, 0.1) is 24.6 Å². The molecule has 2 rings (SSSR count). The van der Waals surface area contributed by atoms with Gasteiger partial charge in [-0.2, -0.15) is 0 Å². The van der Waals surface area contributed by atoms with Gasteiger partial charge in [0.05, 0.1) is 0 Å². The fraction of sp³-hybridized carbons (Fsp3) is 0.0714. The summed E-state index contributed by atoms with van der Waals surface area (Å²) in [7, 11) is 0. The average molecular weight is 211 g/mol. The quantitative estimate of drug-likeness (QED) is 0.610. The zero-order valence-electron chi connectivity index (χ0n) is 8.87. The first-order chi connectivity index (χ1) is 7.75. The summed E-state index contributed by atoms with van der Waals surface area (Å²) in [6, 6.07) is 10.0. The van der Waals surface area contributed by atoms with Crippen LogP contribution in [0.25, 0.3) is 0 Å². The molecular formula is C14H10FN. The lowest BCUT2D eigenvalue weighted by Gasteiger charge is -1.94. The molecule has 0 saturated heterocycles. The monoisotopic (exact) mass is 211 g/mol. The average Bonchev–Trinajstić information content (AvgIpc) is 2.28. The maximum atomic E-state index is 12.9. The zero-order chi connectivity index (χ0) is 11.4. The van der Waals surface area contributed by atoms with E-state index in [1.165, 1.54) is 12.1 Å². The zero-order valence-corrected chi connectivity index (χ0v) is 8.87. The van der Waals surface area contributed by atoms with E-state index in [0.717, 1.165) is 11.3 Å². The Balaban J connectivity index is 2.32. The predicted molar refractivity (Wildman–Crippen MR) is 61.4 cm³/mol. The van der Waals surface area contributed by atoms with Crippen molar-refractivity contribution in [2.45, 2.75) is 6.92 Å². The van der Waals surface area contributed by atoms with Crippen LogP contribution in [0.5, 0.6) is 0 Å². The molecule has 78 valence electrons. The molecule has 0 aliphatic rings. The van der Waals surface area contributed by atoms with Crippen molar-refractivity contribution in [3.8, 4) is 11.8 Å². The van der Waals surface area contributed by atoms with E-state index in [0.29, 0.717) is 5.56 Å². The first kappa shape index (κ1) is 10.4. The van der Waals surface area contributed by atoms with Crippen molar-refractivity contribution in [2.75, 3.05) is 0 Å². The summed E-state index contributed by atoms with van der Waals surface area (Å²) < 4.78 is 12.9. The standard InChI is InChI=1S/C14H10FN/c1-11-4-3-9-16-14(11)8-7-12-5-2-6-13(15)10-12/h2-6,9-10H,1H3. The van der Waals surface area contributed by atoms with Gasteiger partial charge in [0.2, 0.25) is 0 Å². The Hall–Kier alpha value is -2.14. The molecule has 0 unspecified atom stereocenters. The smallest absolute Gasteiger partial charge is 0.124 e. The Labute approximate surface area is 94.0 Å². The van der Waals surface area contributed by atoms with E-state index < -0.39 is 0 Å². The second-order valence-electron chi connectivity index (χ2n) is 3.43. The highest BCUT2D eigenvalue weighted by molar-refractivity contribution is 5.42. The third kappa shape index (κ3) is 2.46. The van der Waals surface area contributed by atoms with Crippen LogP contribution in [0.3, 0.4) is 0 Å². The van der Waals surface area contributed by atoms with E-state index in [2.05, 4.69) is 16.8 Å². The first-order valence-corrected chi connectivity index (χ1v) is 4.95. The number of halogens is 1. The van der Waals surface area contributed by atoms with Crippen LogP contribution in [0.15, 0.2) is 42.6 Å². The summed E-state index contributed by atoms with van der Waals surface area (Å²) in [4.78, 5) is 4.15. The van der Waals surface area contributed by atoms with Gasteiger partial charge in [0.1, 0.15) is 11.5 Å². The molecule has 1 heterocycles. The van der Waals surface area contributed by atoms with Crippen molar-refractivity contribution < 1.29 is 4.39 Å². The van der Waals surface area contributed by atoms with Gasteiger partial charge in [0, 0.05) is 11.8 Å². The molecule has 1 aromatic carbocycles. The van der Waals surface area contributed by atoms with Crippen LogP contribution < -0.4 is 0 Å². The molecule has 0 amide bonds. The van der Waals surface area contributed by atoms with Crippen molar-refractivity contribution in [1.29, 1.82) is 0 Å². The van der Waals surface area contributed by atoms with Gasteiger partial charge in [-0.15, -0.1) is 0 Å². The van der Waals surface area contributed by atoms with E-state index >= 15 is 0 Å². The second kappa shape index (κ2) is 4.59. The lowest BCUT2D eigenvalue weighted by atomic mass is 10.2. The highest BCUT2D eigenvalue weighted by Gasteiger charge is 1.93. The lowest BCUT2D eigenvalue weighted by molar-refractivity contribution is 0.627. The van der Waals surface area contributed by atoms with Crippen molar-refractivity contribution in [1.82, 2.24) is 4.98 Å². The van der Waals surface area contributed by atoms with Crippen LogP contribution in [-0.2, 0) is 0 Å². The van der Waals surface area contributed by atoms with Gasteiger partial charge >= 0.3 is 0 Å². The number of hydrogen-bond donors (Lipinski definition) is 0. The number of benzene rings is 1. The van der Waals surface area contributed by atoms with Gasteiger partial charge < -0.3 is 0 Å². The van der Waals surface area contributed by atoms with E-state index in [1.807, 2.05) is 19.1 Å². The summed E-state index contributed by atoms with van der Waals surface area (Å²) in [6.07, 6.45) is 1.70. The molecule has 2 aromatic rings. The summed E-state index contributed by atoms with van der Waals surface area (Å²) >= 11 is 0. The van der Waals surface area contributed by atoms with Crippen LogP contribution in [0.1, 0.15) is 16.8 Å². The summed E-state index contributed by atoms with van der Waals surface area (Å²) in [6.45, 7) is 1.95. The van der Waals surface area contributed by atoms with Crippen molar-refractivity contribution in [2.24, 2.45) is 0 Å². The minimum atomic E-state index is -0.274. The highest BCUT2D eigenvalue weighted by atomic mass is 19.1. The molecule has 0 bridgehead atoms. The van der Waals surface area contributed by atoms with E-state index in [-0.39, 0.29) is 5.82 Å². The summed E-state index contributed by atoms with van der Waals surface area (Å²) in [5.74, 6) is 5.55. The molecule has 16 heavy (non-hydrogen) atoms. The maximum Gasteiger partial charge on any atom is 0.124 e. The molecule has 0 radical (unpaired) electrons. The van der Waals surface area contributed by atoms with Gasteiger partial charge in [-0.1, -0.05) is 18.1 Å². The third-order valence-electron chi connectivity index (χ3n) is 2.16. The number of nitrogens with zero attached hydrogens (tertiary/aromatic N) is 1. The van der Waals surface area contributed by atoms with Gasteiger partial charge in [0.25, 0.3) is 0 Å². The van der Waals surface area contributed by atoms with Crippen LogP contribution in [0.4, 0.5) is 4.39 Å². The Morgan fingerprint density at radius 2 is 2.00 bits per heavy atom. The van der Waals surface area contributed by atoms with Crippen molar-refractivity contribution in [3.63, 3.8) is 0 Å². The normalized spacial score (nSPS) is 9.38. The topological polar surface area (TPSA) is 12.9 Å². The second-order valence-corrected chi connectivity index (χ2v) is 3.43. The molecule has 0 N–H and O–H groups in total. The van der Waals surface area contributed by atoms with Crippen molar-refractivity contribution >= 4 is 0 Å². The molecule has 0 spiro atoms. The first-order valence-electron chi connectivity index (χ1n) is 4.95. The van der Waals surface area contributed by atoms with Crippen LogP contribution >= 0.6 is 0 Å². The molecule has 1 nitrogen and oxygen atoms in total. The minimum Gasteiger partial charge on any atom is -0.248 e. The van der Waals surface area contributed by atoms with Crippen molar-refractivity contribution in [3.05, 3.63) is 65.2 Å². The number of pyridine rings is 1. The van der Waals surface area contributed by atoms with E-state index in [4.69, 9.17) is 0 Å². The van der Waals surface area contributed by atoms with E-state index in [1.54, 1.807) is 18.3 Å². The Morgan fingerprint density at radius 3 is 2.75 bits per heavy atom. The molecular weight excluding hydrogens is 201 g/mol. The fourth-order valence-electron chi connectivity index (χ4n) is 1.31. The van der Waals surface area contributed by atoms with Crippen LogP contribution in [0.2, 0.25) is 0 Å². The number of aromatic nitrogens is 1. The molecule has 0 saturated carbocycles. The molecule has 1 aromatic heterocycles. The van der Waals surface area contributed by atoms with Gasteiger partial charge in [-0.05, 0) is 42.7 Å². The third-order valence-corrected chi connectivity index (χ3v) is 2.16. The summed E-state index contributed by atoms with van der Waals surface area (Å²) in [5.41, 5.74) is 2.41. The van der Waals surface area contributed by atoms with Gasteiger partial charge in [0.15, 0.2) is 0 Å². The molecule has 0 aliphatic heterocycles. The molecule has 0 atom stereocenters. The number of hydrogen-bond acceptors (Lipinski definition) is 1. The largest absolute Gasteiger partial charge is 0.248 e. The number of rotatable bonds is 0. The summed E-state index contributed by atoms with van der Waals surface area (Å²) in [5, 5.41) is 0. The minimum absolute atomic E-state index is 0.274. The molecule has 0 aliphatic carbocycles. The SMILES string of the molecule is Cc1cccnc1C#Cc1cccc(F)c1. The Kier molecular flexibility index (Phi) is 2.98. The fourth-order valence-corrected chi connectivity index (χ4v) is 1.31. The Bertz CT molecular complexity index is 564. The van der Waals surface area contributed by atoms with Crippen LogP contribution in [-0.4, -0.2) is 4.98 Å². The van der Waals surface area contributed by atoms with Gasteiger partial charge in [-0.25, -0.2) is 9.37 Å². The molecule has 2 heteroatoms. The predicted octanol–water partition coefficient (Wildman–Crippen LogP) is 2.93. The lowest BCUT2D eigenvalue weighted by Crippen LogP contribution is -1.86. The van der Waals surface area contributed by atoms with E-state index in [9.17, 15) is 4.39 Å². The number of aryl methyl sites for hydroxylation is 1. The van der Waals surface area contributed by atoms with Gasteiger partial charge in [-0.3, -0.25) is 0 Å². The maximum absolute atomic E-state index is 12.9. The molecule has 0 fully saturated rings. The highest BCUT2D eigenvalue weighted by Crippen LogP contribution is 2.04.